The third-order valence-corrected chi connectivity index (χ3v) is 10.4. The standard InChI is InChI=1S/C49H55NO12/c1-4-42(51)59-28-16-12-8-6-10-14-26-57-40-24-22-34-30-38(20-18-36(34)32-40)48(55)61-44-45(47(54)50(3)46(44)53)62-49(56)39-21-19-37-33-41(25-23-35(37)31-39)58-27-15-11-7-9-13-17-29-60-43(52)5-2/h4-5,18-25,30-33,44-45H,1-2,6-17,26-29H2,3H3/t44-,45-/m1/s1. The normalized spacial score (nSPS) is 14.7. The minimum atomic E-state index is -1.66. The van der Waals surface area contributed by atoms with Gasteiger partial charge in [0.1, 0.15) is 11.5 Å². The predicted molar refractivity (Wildman–Crippen MR) is 233 cm³/mol. The Hall–Kier alpha value is -6.50. The maximum absolute atomic E-state index is 13.4. The van der Waals surface area contributed by atoms with Gasteiger partial charge >= 0.3 is 23.9 Å². The van der Waals surface area contributed by atoms with Crippen molar-refractivity contribution in [1.82, 2.24) is 4.90 Å². The van der Waals surface area contributed by atoms with E-state index in [9.17, 15) is 28.8 Å². The van der Waals surface area contributed by atoms with E-state index in [2.05, 4.69) is 13.2 Å². The first kappa shape index (κ1) is 46.6. The first-order valence-corrected chi connectivity index (χ1v) is 21.2. The molecule has 0 unspecified atom stereocenters. The molecule has 13 nitrogen and oxygen atoms in total. The van der Waals surface area contributed by atoms with Crippen molar-refractivity contribution in [2.24, 2.45) is 0 Å². The van der Waals surface area contributed by atoms with Gasteiger partial charge < -0.3 is 28.4 Å². The lowest BCUT2D eigenvalue weighted by atomic mass is 10.1. The highest BCUT2D eigenvalue weighted by molar-refractivity contribution is 6.10. The minimum absolute atomic E-state index is 0.153. The van der Waals surface area contributed by atoms with Crippen molar-refractivity contribution in [2.45, 2.75) is 89.3 Å². The number of fused-ring (bicyclic) bond motifs is 2. The summed E-state index contributed by atoms with van der Waals surface area (Å²) in [5.74, 6) is -2.70. The maximum atomic E-state index is 13.4. The summed E-state index contributed by atoms with van der Waals surface area (Å²) in [4.78, 5) is 75.8. The van der Waals surface area contributed by atoms with E-state index in [0.717, 1.165) is 116 Å². The molecule has 4 aromatic rings. The van der Waals surface area contributed by atoms with Gasteiger partial charge in [-0.2, -0.15) is 0 Å². The smallest absolute Gasteiger partial charge is 0.339 e. The van der Waals surface area contributed by atoms with E-state index in [-0.39, 0.29) is 11.1 Å². The number of carbonyl (C=O) groups excluding carboxylic acids is 6. The highest BCUT2D eigenvalue weighted by Crippen LogP contribution is 2.27. The summed E-state index contributed by atoms with van der Waals surface area (Å²) in [5, 5.41) is 3.13. The lowest BCUT2D eigenvalue weighted by Crippen LogP contribution is -2.37. The zero-order valence-electron chi connectivity index (χ0n) is 35.3. The number of likely N-dealkylation sites (tertiary alicyclic amines) is 1. The maximum Gasteiger partial charge on any atom is 0.339 e. The van der Waals surface area contributed by atoms with Crippen LogP contribution in [0.3, 0.4) is 0 Å². The summed E-state index contributed by atoms with van der Waals surface area (Å²) in [5.41, 5.74) is 0.306. The quantitative estimate of drug-likeness (QED) is 0.0195. The Bertz CT molecular complexity index is 2080. The number of nitrogens with zero attached hydrogens (tertiary/aromatic N) is 1. The molecular formula is C49H55NO12. The Morgan fingerprint density at radius 3 is 1.23 bits per heavy atom. The first-order valence-electron chi connectivity index (χ1n) is 21.2. The molecule has 1 saturated heterocycles. The second-order valence-electron chi connectivity index (χ2n) is 15.0. The molecule has 5 rings (SSSR count). The van der Waals surface area contributed by atoms with Crippen LogP contribution in [0.4, 0.5) is 0 Å². The average Bonchev–Trinajstić information content (AvgIpc) is 3.48. The molecule has 0 saturated carbocycles. The molecule has 13 heteroatoms. The minimum Gasteiger partial charge on any atom is -0.494 e. The van der Waals surface area contributed by atoms with Crippen LogP contribution in [0.2, 0.25) is 0 Å². The summed E-state index contributed by atoms with van der Waals surface area (Å²) in [7, 11) is 1.24. The van der Waals surface area contributed by atoms with Crippen LogP contribution in [0, 0.1) is 0 Å². The molecule has 62 heavy (non-hydrogen) atoms. The summed E-state index contributed by atoms with van der Waals surface area (Å²) in [6.45, 7) is 8.70. The zero-order chi connectivity index (χ0) is 44.3. The van der Waals surface area contributed by atoms with Crippen molar-refractivity contribution in [2.75, 3.05) is 33.5 Å². The molecule has 1 heterocycles. The monoisotopic (exact) mass is 849 g/mol. The van der Waals surface area contributed by atoms with Crippen LogP contribution < -0.4 is 9.47 Å². The van der Waals surface area contributed by atoms with E-state index >= 15 is 0 Å². The summed E-state index contributed by atoms with van der Waals surface area (Å²) < 4.78 is 33.0. The van der Waals surface area contributed by atoms with Crippen LogP contribution in [0.25, 0.3) is 21.5 Å². The fourth-order valence-corrected chi connectivity index (χ4v) is 6.89. The van der Waals surface area contributed by atoms with Gasteiger partial charge in [-0.3, -0.25) is 14.5 Å². The Kier molecular flexibility index (Phi) is 18.1. The van der Waals surface area contributed by atoms with Gasteiger partial charge in [0, 0.05) is 19.2 Å². The number of rotatable bonds is 26. The highest BCUT2D eigenvalue weighted by Gasteiger charge is 2.51. The number of unbranched alkanes of at least 4 members (excludes halogenated alkanes) is 10. The number of hydrogen-bond donors (Lipinski definition) is 0. The molecule has 328 valence electrons. The van der Waals surface area contributed by atoms with Crippen molar-refractivity contribution >= 4 is 57.2 Å². The van der Waals surface area contributed by atoms with Crippen molar-refractivity contribution in [1.29, 1.82) is 0 Å². The van der Waals surface area contributed by atoms with Gasteiger partial charge in [0.05, 0.1) is 37.6 Å². The molecule has 4 aromatic carbocycles. The summed E-state index contributed by atoms with van der Waals surface area (Å²) >= 11 is 0. The molecule has 0 radical (unpaired) electrons. The van der Waals surface area contributed by atoms with Crippen molar-refractivity contribution in [3.63, 3.8) is 0 Å². The first-order chi connectivity index (χ1) is 30.1. The lowest BCUT2D eigenvalue weighted by molar-refractivity contribution is -0.140. The van der Waals surface area contributed by atoms with E-state index in [1.807, 2.05) is 36.4 Å². The van der Waals surface area contributed by atoms with Gasteiger partial charge in [-0.15, -0.1) is 0 Å². The molecule has 0 N–H and O–H groups in total. The molecule has 0 bridgehead atoms. The molecule has 0 spiro atoms. The Morgan fingerprint density at radius 1 is 0.500 bits per heavy atom. The molecule has 2 atom stereocenters. The summed E-state index contributed by atoms with van der Waals surface area (Å²) in [6.07, 6.45) is 10.7. The molecule has 1 aliphatic heterocycles. The van der Waals surface area contributed by atoms with Gasteiger partial charge in [-0.25, -0.2) is 19.2 Å². The van der Waals surface area contributed by atoms with Crippen molar-refractivity contribution in [3.05, 3.63) is 109 Å². The molecular weight excluding hydrogens is 795 g/mol. The van der Waals surface area contributed by atoms with Gasteiger partial charge in [-0.05, 0) is 95.8 Å². The van der Waals surface area contributed by atoms with E-state index in [0.29, 0.717) is 37.9 Å². The number of ether oxygens (including phenoxy) is 6. The lowest BCUT2D eigenvalue weighted by Gasteiger charge is -2.17. The second-order valence-corrected chi connectivity index (χ2v) is 15.0. The largest absolute Gasteiger partial charge is 0.494 e. The molecule has 0 aromatic heterocycles. The number of likely N-dealkylation sites (N-methyl/N-ethyl adjacent to an activating group) is 1. The van der Waals surface area contributed by atoms with Gasteiger partial charge in [0.2, 0.25) is 12.2 Å². The number of benzene rings is 4. The molecule has 1 fully saturated rings. The van der Waals surface area contributed by atoms with Crippen LogP contribution in [-0.4, -0.2) is 86.3 Å². The van der Waals surface area contributed by atoms with E-state index in [1.54, 1.807) is 36.4 Å². The zero-order valence-corrected chi connectivity index (χ0v) is 35.3. The molecule has 0 aliphatic carbocycles. The van der Waals surface area contributed by atoms with Crippen LogP contribution in [0.15, 0.2) is 98.1 Å². The molecule has 1 aliphatic rings. The van der Waals surface area contributed by atoms with E-state index < -0.39 is 47.9 Å². The van der Waals surface area contributed by atoms with E-state index in [4.69, 9.17) is 28.4 Å². The Labute approximate surface area is 361 Å². The average molecular weight is 850 g/mol. The SMILES string of the molecule is C=CC(=O)OCCCCCCCCOc1ccc2cc(C(=O)O[C@H]3C(=O)N(C)C(=O)[C@@H]3OC(=O)c3ccc4cc(OCCCCCCCCOC(=O)C=C)ccc4c3)ccc2c1. The Morgan fingerprint density at radius 2 is 0.839 bits per heavy atom. The Balaban J connectivity index is 1.07. The van der Waals surface area contributed by atoms with Gasteiger partial charge in [-0.1, -0.05) is 88.8 Å². The number of hydrogen-bond acceptors (Lipinski definition) is 12. The number of esters is 4. The number of amides is 2. The van der Waals surface area contributed by atoms with E-state index in [1.165, 1.54) is 7.05 Å². The fourth-order valence-electron chi connectivity index (χ4n) is 6.89. The van der Waals surface area contributed by atoms with Crippen LogP contribution in [0.1, 0.15) is 97.8 Å². The highest BCUT2D eigenvalue weighted by atomic mass is 16.6. The number of imide groups is 1. The van der Waals surface area contributed by atoms with Crippen LogP contribution in [-0.2, 0) is 38.1 Å². The number of carbonyl (C=O) groups is 6. The van der Waals surface area contributed by atoms with Gasteiger partial charge in [0.25, 0.3) is 11.8 Å². The van der Waals surface area contributed by atoms with Gasteiger partial charge in [0.15, 0.2) is 0 Å². The summed E-state index contributed by atoms with van der Waals surface area (Å²) in [6, 6.07) is 20.9. The third-order valence-electron chi connectivity index (χ3n) is 10.4. The van der Waals surface area contributed by atoms with Crippen LogP contribution in [0.5, 0.6) is 11.5 Å². The predicted octanol–water partition coefficient (Wildman–Crippen LogP) is 8.64. The topological polar surface area (TPSA) is 161 Å². The van der Waals surface area contributed by atoms with Crippen molar-refractivity contribution < 1.29 is 57.2 Å². The van der Waals surface area contributed by atoms with Crippen LogP contribution >= 0.6 is 0 Å². The second kappa shape index (κ2) is 24.1. The molecule has 2 amide bonds. The fraction of sp³-hybridized carbons (Fsp3) is 0.388. The van der Waals surface area contributed by atoms with Crippen molar-refractivity contribution in [3.8, 4) is 11.5 Å². The third kappa shape index (κ3) is 13.8.